The molecule has 0 saturated carbocycles. The molecule has 0 atom stereocenters. The van der Waals surface area contributed by atoms with Gasteiger partial charge in [-0.2, -0.15) is 13.2 Å². The number of nitrogens with zero attached hydrogens (tertiary/aromatic N) is 1. The van der Waals surface area contributed by atoms with Gasteiger partial charge in [-0.25, -0.2) is 4.98 Å². The molecule has 8 heteroatoms. The Hall–Kier alpha value is -1.47. The van der Waals surface area contributed by atoms with Crippen LogP contribution < -0.4 is 11.1 Å². The predicted octanol–water partition coefficient (Wildman–Crippen LogP) is 4.84. The average molecular weight is 367 g/mol. The van der Waals surface area contributed by atoms with Crippen LogP contribution in [-0.4, -0.2) is 4.98 Å². The molecule has 0 fully saturated rings. The van der Waals surface area contributed by atoms with Crippen LogP contribution in [0.4, 0.5) is 30.4 Å². The van der Waals surface area contributed by atoms with E-state index in [0.717, 1.165) is 12.1 Å². The highest BCUT2D eigenvalue weighted by Gasteiger charge is 2.31. The Morgan fingerprint density at radius 1 is 1.25 bits per heavy atom. The molecule has 0 amide bonds. The fourth-order valence-corrected chi connectivity index (χ4v) is 2.00. The summed E-state index contributed by atoms with van der Waals surface area (Å²) in [6.45, 7) is 0. The number of pyridine rings is 1. The van der Waals surface area contributed by atoms with Gasteiger partial charge in [0.15, 0.2) is 5.82 Å². The van der Waals surface area contributed by atoms with Crippen LogP contribution in [0.2, 0.25) is 5.02 Å². The van der Waals surface area contributed by atoms with Gasteiger partial charge >= 0.3 is 6.18 Å². The molecule has 20 heavy (non-hydrogen) atoms. The second-order valence-electron chi connectivity index (χ2n) is 3.91. The van der Waals surface area contributed by atoms with Gasteiger partial charge in [0.1, 0.15) is 0 Å². The summed E-state index contributed by atoms with van der Waals surface area (Å²) >= 11 is 8.88. The number of nitrogens with one attached hydrogen (secondary N) is 1. The topological polar surface area (TPSA) is 50.9 Å². The van der Waals surface area contributed by atoms with E-state index in [1.54, 1.807) is 0 Å². The quantitative estimate of drug-likeness (QED) is 0.799. The number of anilines is 3. The van der Waals surface area contributed by atoms with Gasteiger partial charge in [0.2, 0.25) is 0 Å². The highest BCUT2D eigenvalue weighted by molar-refractivity contribution is 9.10. The SMILES string of the molecule is Nc1cc(Cl)cnc1Nc1cc(C(F)(F)F)ccc1Br. The molecule has 1 aromatic heterocycles. The molecular formula is C12H8BrClF3N3. The standard InChI is InChI=1S/C12H8BrClF3N3/c13-8-2-1-6(12(15,16)17)3-10(8)20-11-9(18)4-7(14)5-19-11/h1-5H,18H2,(H,19,20). The van der Waals surface area contributed by atoms with Crippen molar-refractivity contribution in [2.45, 2.75) is 6.18 Å². The van der Waals surface area contributed by atoms with E-state index in [9.17, 15) is 13.2 Å². The summed E-state index contributed by atoms with van der Waals surface area (Å²) < 4.78 is 38.5. The molecule has 0 aliphatic heterocycles. The van der Waals surface area contributed by atoms with Gasteiger partial charge in [0.05, 0.1) is 22.0 Å². The molecule has 0 aliphatic carbocycles. The summed E-state index contributed by atoms with van der Waals surface area (Å²) in [6, 6.07) is 4.71. The summed E-state index contributed by atoms with van der Waals surface area (Å²) in [5.41, 5.74) is 5.38. The number of alkyl halides is 3. The lowest BCUT2D eigenvalue weighted by Gasteiger charge is -2.13. The van der Waals surface area contributed by atoms with Gasteiger partial charge in [-0.05, 0) is 40.2 Å². The van der Waals surface area contributed by atoms with Gasteiger partial charge in [0.25, 0.3) is 0 Å². The normalized spacial score (nSPS) is 11.4. The molecule has 0 radical (unpaired) electrons. The van der Waals surface area contributed by atoms with Crippen molar-refractivity contribution in [2.75, 3.05) is 11.1 Å². The van der Waals surface area contributed by atoms with Crippen molar-refractivity contribution < 1.29 is 13.2 Å². The van der Waals surface area contributed by atoms with Crippen LogP contribution in [0.25, 0.3) is 0 Å². The summed E-state index contributed by atoms with van der Waals surface area (Å²) in [4.78, 5) is 3.94. The number of hydrogen-bond acceptors (Lipinski definition) is 3. The van der Waals surface area contributed by atoms with E-state index < -0.39 is 11.7 Å². The summed E-state index contributed by atoms with van der Waals surface area (Å²) in [5, 5.41) is 3.08. The first-order valence-corrected chi connectivity index (χ1v) is 6.49. The lowest BCUT2D eigenvalue weighted by Crippen LogP contribution is -2.06. The highest BCUT2D eigenvalue weighted by atomic mass is 79.9. The van der Waals surface area contributed by atoms with E-state index in [1.165, 1.54) is 18.3 Å². The second-order valence-corrected chi connectivity index (χ2v) is 5.20. The zero-order valence-electron chi connectivity index (χ0n) is 9.80. The van der Waals surface area contributed by atoms with Crippen molar-refractivity contribution in [2.24, 2.45) is 0 Å². The van der Waals surface area contributed by atoms with Crippen LogP contribution in [0.5, 0.6) is 0 Å². The summed E-state index contributed by atoms with van der Waals surface area (Å²) in [7, 11) is 0. The van der Waals surface area contributed by atoms with Gasteiger partial charge < -0.3 is 11.1 Å². The Morgan fingerprint density at radius 3 is 2.55 bits per heavy atom. The molecular weight excluding hydrogens is 359 g/mol. The van der Waals surface area contributed by atoms with Crippen molar-refractivity contribution in [3.63, 3.8) is 0 Å². The van der Waals surface area contributed by atoms with E-state index >= 15 is 0 Å². The van der Waals surface area contributed by atoms with E-state index in [4.69, 9.17) is 17.3 Å². The number of nitrogens with two attached hydrogens (primary N) is 1. The molecule has 2 aromatic rings. The molecule has 1 aromatic carbocycles. The van der Waals surface area contributed by atoms with E-state index in [0.29, 0.717) is 9.50 Å². The average Bonchev–Trinajstić information content (AvgIpc) is 2.33. The Kier molecular flexibility index (Phi) is 4.10. The lowest BCUT2D eigenvalue weighted by atomic mass is 10.2. The van der Waals surface area contributed by atoms with Crippen molar-refractivity contribution in [1.82, 2.24) is 4.98 Å². The monoisotopic (exact) mass is 365 g/mol. The highest BCUT2D eigenvalue weighted by Crippen LogP contribution is 2.35. The second kappa shape index (κ2) is 5.49. The van der Waals surface area contributed by atoms with Crippen LogP contribution >= 0.6 is 27.5 Å². The van der Waals surface area contributed by atoms with Crippen LogP contribution in [0.1, 0.15) is 5.56 Å². The van der Waals surface area contributed by atoms with Crippen LogP contribution in [-0.2, 0) is 6.18 Å². The number of aromatic nitrogens is 1. The minimum absolute atomic E-state index is 0.210. The maximum Gasteiger partial charge on any atom is 0.416 e. The molecule has 0 bridgehead atoms. The Bertz CT molecular complexity index is 646. The first-order chi connectivity index (χ1) is 9.27. The van der Waals surface area contributed by atoms with Crippen LogP contribution in [0.3, 0.4) is 0 Å². The zero-order valence-corrected chi connectivity index (χ0v) is 12.1. The smallest absolute Gasteiger partial charge is 0.396 e. The number of benzene rings is 1. The minimum atomic E-state index is -4.42. The third-order valence-electron chi connectivity index (χ3n) is 2.43. The van der Waals surface area contributed by atoms with Crippen molar-refractivity contribution in [3.05, 3.63) is 45.5 Å². The molecule has 3 nitrogen and oxygen atoms in total. The zero-order chi connectivity index (χ0) is 14.9. The Labute approximate surface area is 126 Å². The number of halogens is 5. The molecule has 106 valence electrons. The minimum Gasteiger partial charge on any atom is -0.396 e. The van der Waals surface area contributed by atoms with Gasteiger partial charge in [-0.1, -0.05) is 11.6 Å². The van der Waals surface area contributed by atoms with E-state index in [-0.39, 0.29) is 17.2 Å². The van der Waals surface area contributed by atoms with Gasteiger partial charge in [0, 0.05) is 10.7 Å². The van der Waals surface area contributed by atoms with E-state index in [2.05, 4.69) is 26.2 Å². The maximum atomic E-state index is 12.7. The fourth-order valence-electron chi connectivity index (χ4n) is 1.48. The maximum absolute atomic E-state index is 12.7. The summed E-state index contributed by atoms with van der Waals surface area (Å²) in [5.74, 6) is 0.231. The third kappa shape index (κ3) is 3.34. The fraction of sp³-hybridized carbons (Fsp3) is 0.0833. The number of nitrogen functional groups attached to an aromatic ring is 1. The Morgan fingerprint density at radius 2 is 1.95 bits per heavy atom. The summed E-state index contributed by atoms with van der Waals surface area (Å²) in [6.07, 6.45) is -3.07. The predicted molar refractivity (Wildman–Crippen MR) is 76.1 cm³/mol. The van der Waals surface area contributed by atoms with Crippen molar-refractivity contribution in [3.8, 4) is 0 Å². The van der Waals surface area contributed by atoms with Gasteiger partial charge in [-0.3, -0.25) is 0 Å². The number of hydrogen-bond donors (Lipinski definition) is 2. The van der Waals surface area contributed by atoms with Crippen molar-refractivity contribution in [1.29, 1.82) is 0 Å². The largest absolute Gasteiger partial charge is 0.416 e. The molecule has 0 aliphatic rings. The van der Waals surface area contributed by atoms with Crippen LogP contribution in [0.15, 0.2) is 34.9 Å². The van der Waals surface area contributed by atoms with Crippen molar-refractivity contribution >= 4 is 44.7 Å². The van der Waals surface area contributed by atoms with Gasteiger partial charge in [-0.15, -0.1) is 0 Å². The Balaban J connectivity index is 2.38. The third-order valence-corrected chi connectivity index (χ3v) is 3.33. The van der Waals surface area contributed by atoms with Crippen LogP contribution in [0, 0.1) is 0 Å². The number of rotatable bonds is 2. The molecule has 0 unspecified atom stereocenters. The molecule has 2 rings (SSSR count). The molecule has 0 saturated heterocycles. The lowest BCUT2D eigenvalue weighted by molar-refractivity contribution is -0.137. The van der Waals surface area contributed by atoms with E-state index in [1.807, 2.05) is 0 Å². The molecule has 1 heterocycles. The molecule has 3 N–H and O–H groups in total. The first-order valence-electron chi connectivity index (χ1n) is 5.32. The first kappa shape index (κ1) is 14.9. The molecule has 0 spiro atoms.